The van der Waals surface area contributed by atoms with Crippen LogP contribution in [0.2, 0.25) is 0 Å². The molecular formula is C22H23N. The Balaban J connectivity index is 2.19. The fourth-order valence-corrected chi connectivity index (χ4v) is 3.50. The molecule has 1 heteroatoms. The lowest BCUT2D eigenvalue weighted by Crippen LogP contribution is -2.43. The first kappa shape index (κ1) is 15.5. The van der Waals surface area contributed by atoms with E-state index in [0.717, 1.165) is 17.5 Å². The van der Waals surface area contributed by atoms with E-state index in [2.05, 4.69) is 85.8 Å². The number of hydrogen-bond acceptors (Lipinski definition) is 1. The summed E-state index contributed by atoms with van der Waals surface area (Å²) in [6.07, 6.45) is 0.976. The minimum Gasteiger partial charge on any atom is -0.317 e. The van der Waals surface area contributed by atoms with Crippen LogP contribution in [0.1, 0.15) is 36.0 Å². The van der Waals surface area contributed by atoms with Gasteiger partial charge in [0.25, 0.3) is 0 Å². The zero-order chi connectivity index (χ0) is 16.1. The van der Waals surface area contributed by atoms with E-state index in [4.69, 9.17) is 5.73 Å². The van der Waals surface area contributed by atoms with Crippen molar-refractivity contribution in [2.45, 2.75) is 24.8 Å². The highest BCUT2D eigenvalue weighted by atomic mass is 14.8. The van der Waals surface area contributed by atoms with Crippen molar-refractivity contribution in [3.05, 3.63) is 108 Å². The van der Waals surface area contributed by atoms with Crippen LogP contribution in [0.3, 0.4) is 0 Å². The third-order valence-corrected chi connectivity index (χ3v) is 4.66. The lowest BCUT2D eigenvalue weighted by atomic mass is 9.70. The second-order valence-electron chi connectivity index (χ2n) is 5.97. The van der Waals surface area contributed by atoms with Gasteiger partial charge in [-0.3, -0.25) is 0 Å². The Kier molecular flexibility index (Phi) is 4.59. The molecule has 116 valence electrons. The summed E-state index contributed by atoms with van der Waals surface area (Å²) in [5.41, 5.74) is 10.2. The van der Waals surface area contributed by atoms with Gasteiger partial charge in [-0.15, -0.1) is 0 Å². The molecule has 2 N–H and O–H groups in total. The fourth-order valence-electron chi connectivity index (χ4n) is 3.50. The van der Waals surface area contributed by atoms with Crippen molar-refractivity contribution in [3.63, 3.8) is 0 Å². The number of nitrogens with two attached hydrogens (primary N) is 1. The van der Waals surface area contributed by atoms with E-state index in [-0.39, 0.29) is 5.92 Å². The van der Waals surface area contributed by atoms with E-state index >= 15 is 0 Å². The molecule has 0 saturated heterocycles. The molecule has 23 heavy (non-hydrogen) atoms. The maximum absolute atomic E-state index is 7.13. The maximum atomic E-state index is 7.13. The molecule has 0 saturated carbocycles. The maximum Gasteiger partial charge on any atom is 0.0735 e. The summed E-state index contributed by atoms with van der Waals surface area (Å²) in [7, 11) is 0. The molecule has 1 unspecified atom stereocenters. The van der Waals surface area contributed by atoms with Crippen molar-refractivity contribution in [1.29, 1.82) is 0 Å². The van der Waals surface area contributed by atoms with Crippen molar-refractivity contribution in [2.24, 2.45) is 5.73 Å². The normalized spacial score (nSPS) is 12.8. The van der Waals surface area contributed by atoms with Crippen molar-refractivity contribution in [2.75, 3.05) is 0 Å². The summed E-state index contributed by atoms with van der Waals surface area (Å²) in [4.78, 5) is 0. The van der Waals surface area contributed by atoms with Crippen LogP contribution in [0, 0.1) is 0 Å². The van der Waals surface area contributed by atoms with Gasteiger partial charge in [0.1, 0.15) is 0 Å². The van der Waals surface area contributed by atoms with E-state index in [1.165, 1.54) is 5.56 Å². The molecule has 0 aliphatic heterocycles. The Morgan fingerprint density at radius 3 is 1.48 bits per heavy atom. The number of hydrogen-bond donors (Lipinski definition) is 1. The van der Waals surface area contributed by atoms with E-state index in [0.29, 0.717) is 0 Å². The fraction of sp³-hybridized carbons (Fsp3) is 0.182. The highest BCUT2D eigenvalue weighted by molar-refractivity contribution is 5.43. The lowest BCUT2D eigenvalue weighted by Gasteiger charge is -2.39. The Morgan fingerprint density at radius 2 is 1.09 bits per heavy atom. The molecule has 3 aromatic rings. The molecule has 0 heterocycles. The van der Waals surface area contributed by atoms with Gasteiger partial charge in [-0.2, -0.15) is 0 Å². The molecule has 0 radical (unpaired) electrons. The molecule has 0 amide bonds. The summed E-state index contributed by atoms with van der Waals surface area (Å²) >= 11 is 0. The van der Waals surface area contributed by atoms with Crippen LogP contribution in [-0.2, 0) is 5.54 Å². The first-order valence-corrected chi connectivity index (χ1v) is 8.21. The Hall–Kier alpha value is -2.38. The van der Waals surface area contributed by atoms with E-state index in [1.54, 1.807) is 0 Å². The zero-order valence-electron chi connectivity index (χ0n) is 13.5. The van der Waals surface area contributed by atoms with Gasteiger partial charge in [-0.1, -0.05) is 97.9 Å². The smallest absolute Gasteiger partial charge is 0.0735 e. The number of benzene rings is 3. The molecule has 0 aromatic heterocycles. The van der Waals surface area contributed by atoms with Crippen molar-refractivity contribution < 1.29 is 0 Å². The summed E-state index contributed by atoms with van der Waals surface area (Å²) in [5, 5.41) is 0. The topological polar surface area (TPSA) is 26.0 Å². The standard InChI is InChI=1S/C22H23N/c1-2-21(18-12-6-3-7-13-18)22(23,19-14-8-4-9-15-19)20-16-10-5-11-17-20/h3-17,21H,2,23H2,1H3. The molecule has 0 aliphatic rings. The molecule has 3 aromatic carbocycles. The molecule has 0 aliphatic carbocycles. The van der Waals surface area contributed by atoms with E-state index < -0.39 is 5.54 Å². The van der Waals surface area contributed by atoms with Crippen LogP contribution in [-0.4, -0.2) is 0 Å². The van der Waals surface area contributed by atoms with Crippen LogP contribution >= 0.6 is 0 Å². The van der Waals surface area contributed by atoms with Crippen LogP contribution in [0.5, 0.6) is 0 Å². The summed E-state index contributed by atoms with van der Waals surface area (Å²) in [5.74, 6) is 0.216. The third kappa shape index (κ3) is 2.93. The van der Waals surface area contributed by atoms with Gasteiger partial charge < -0.3 is 5.73 Å². The first-order valence-electron chi connectivity index (χ1n) is 8.21. The average Bonchev–Trinajstić information content (AvgIpc) is 2.64. The zero-order valence-corrected chi connectivity index (χ0v) is 13.5. The van der Waals surface area contributed by atoms with Gasteiger partial charge >= 0.3 is 0 Å². The van der Waals surface area contributed by atoms with Crippen LogP contribution in [0.4, 0.5) is 0 Å². The van der Waals surface area contributed by atoms with Crippen LogP contribution in [0.15, 0.2) is 91.0 Å². The van der Waals surface area contributed by atoms with Crippen molar-refractivity contribution in [3.8, 4) is 0 Å². The first-order chi connectivity index (χ1) is 11.3. The van der Waals surface area contributed by atoms with Gasteiger partial charge in [-0.25, -0.2) is 0 Å². The monoisotopic (exact) mass is 301 g/mol. The van der Waals surface area contributed by atoms with Crippen LogP contribution < -0.4 is 5.73 Å². The SMILES string of the molecule is CCC(c1ccccc1)C(N)(c1ccccc1)c1ccccc1. The number of rotatable bonds is 5. The van der Waals surface area contributed by atoms with Gasteiger partial charge in [0, 0.05) is 5.92 Å². The minimum absolute atomic E-state index is 0.216. The Labute approximate surface area is 138 Å². The largest absolute Gasteiger partial charge is 0.317 e. The van der Waals surface area contributed by atoms with E-state index in [9.17, 15) is 0 Å². The molecule has 0 bridgehead atoms. The lowest BCUT2D eigenvalue weighted by molar-refractivity contribution is 0.412. The summed E-state index contributed by atoms with van der Waals surface area (Å²) in [6.45, 7) is 2.21. The molecule has 3 rings (SSSR count). The molecule has 0 fully saturated rings. The highest BCUT2D eigenvalue weighted by Crippen LogP contribution is 2.42. The predicted octanol–water partition coefficient (Wildman–Crippen LogP) is 5.08. The van der Waals surface area contributed by atoms with Gasteiger partial charge in [0.2, 0.25) is 0 Å². The molecule has 0 spiro atoms. The average molecular weight is 301 g/mol. The second kappa shape index (κ2) is 6.80. The molecule has 1 atom stereocenters. The Morgan fingerprint density at radius 1 is 0.696 bits per heavy atom. The molecular weight excluding hydrogens is 278 g/mol. The predicted molar refractivity (Wildman–Crippen MR) is 97.3 cm³/mol. The third-order valence-electron chi connectivity index (χ3n) is 4.66. The van der Waals surface area contributed by atoms with Gasteiger partial charge in [0.15, 0.2) is 0 Å². The summed E-state index contributed by atoms with van der Waals surface area (Å²) in [6, 6.07) is 31.5. The second-order valence-corrected chi connectivity index (χ2v) is 5.97. The highest BCUT2D eigenvalue weighted by Gasteiger charge is 2.38. The van der Waals surface area contributed by atoms with Crippen molar-refractivity contribution in [1.82, 2.24) is 0 Å². The van der Waals surface area contributed by atoms with Crippen LogP contribution in [0.25, 0.3) is 0 Å². The van der Waals surface area contributed by atoms with E-state index in [1.807, 2.05) is 12.1 Å². The Bertz CT molecular complexity index is 680. The molecule has 1 nitrogen and oxygen atoms in total. The van der Waals surface area contributed by atoms with Gasteiger partial charge in [0.05, 0.1) is 5.54 Å². The quantitative estimate of drug-likeness (QED) is 0.698. The minimum atomic E-state index is -0.543. The van der Waals surface area contributed by atoms with Crippen molar-refractivity contribution >= 4 is 0 Å². The summed E-state index contributed by atoms with van der Waals surface area (Å²) < 4.78 is 0. The van der Waals surface area contributed by atoms with Gasteiger partial charge in [-0.05, 0) is 23.1 Å².